The molecule has 39 heavy (non-hydrogen) atoms. The van der Waals surface area contributed by atoms with Gasteiger partial charge < -0.3 is 9.80 Å². The van der Waals surface area contributed by atoms with E-state index in [1.165, 1.54) is 11.1 Å². The topological polar surface area (TPSA) is 47.1 Å². The molecule has 0 spiro atoms. The molecule has 2 heterocycles. The monoisotopic (exact) mass is 549 g/mol. The fourth-order valence-corrected chi connectivity index (χ4v) is 6.35. The predicted octanol–water partition coefficient (Wildman–Crippen LogP) is 9.42. The van der Waals surface area contributed by atoms with Gasteiger partial charge in [-0.15, -0.1) is 0 Å². The molecule has 0 atom stereocenters. The minimum atomic E-state index is -0.249. The van der Waals surface area contributed by atoms with Crippen molar-refractivity contribution in [2.45, 2.75) is 179 Å². The Labute approximate surface area is 242 Å². The van der Waals surface area contributed by atoms with Gasteiger partial charge >= 0.3 is 12.1 Å². The van der Waals surface area contributed by atoms with Gasteiger partial charge in [-0.25, -0.2) is 9.59 Å². The third-order valence-corrected chi connectivity index (χ3v) is 8.16. The summed E-state index contributed by atoms with van der Waals surface area (Å²) in [7, 11) is 0. The number of allylic oxidation sites excluding steroid dienone is 2. The highest BCUT2D eigenvalue weighted by Crippen LogP contribution is 2.42. The smallest absolute Gasteiger partial charge is 0.311 e. The van der Waals surface area contributed by atoms with Crippen LogP contribution in [0.25, 0.3) is 0 Å². The molecule has 2 rings (SSSR count). The van der Waals surface area contributed by atoms with Gasteiger partial charge in [0.2, 0.25) is 0 Å². The van der Waals surface area contributed by atoms with E-state index in [1.807, 2.05) is 19.6 Å². The van der Waals surface area contributed by atoms with Gasteiger partial charge in [0.05, 0.1) is 11.1 Å². The average molecular weight is 549 g/mol. The fraction of sp³-hybridized carbons (Fsp3) is 0.818. The van der Waals surface area contributed by atoms with Crippen LogP contribution in [-0.4, -0.2) is 64.9 Å². The Kier molecular flexibility index (Phi) is 10.2. The van der Waals surface area contributed by atoms with E-state index in [9.17, 15) is 9.59 Å². The van der Waals surface area contributed by atoms with E-state index in [0.29, 0.717) is 0 Å². The van der Waals surface area contributed by atoms with Crippen LogP contribution in [0, 0.1) is 0 Å². The summed E-state index contributed by atoms with van der Waals surface area (Å²) < 4.78 is 0. The van der Waals surface area contributed by atoms with Crippen molar-refractivity contribution in [1.29, 1.82) is 0 Å². The summed E-state index contributed by atoms with van der Waals surface area (Å²) in [4.78, 5) is 33.9. The summed E-state index contributed by atoms with van der Waals surface area (Å²) >= 11 is 0. The Morgan fingerprint density at radius 1 is 0.462 bits per heavy atom. The number of carbonyl (C=O) groups excluding carboxylic acids is 2. The lowest BCUT2D eigenvalue weighted by molar-refractivity contribution is 0.0310. The van der Waals surface area contributed by atoms with Crippen molar-refractivity contribution in [2.75, 3.05) is 0 Å². The van der Waals surface area contributed by atoms with Crippen LogP contribution in [0.1, 0.15) is 146 Å². The van der Waals surface area contributed by atoms with Gasteiger partial charge in [0.25, 0.3) is 0 Å². The molecule has 0 aromatic carbocycles. The first kappa shape index (κ1) is 37.0. The highest BCUT2D eigenvalue weighted by Gasteiger charge is 2.50. The number of hydrogen-bond acceptors (Lipinski definition) is 2. The molecule has 6 nitrogen and oxygen atoms in total. The van der Waals surface area contributed by atoms with Crippen LogP contribution in [-0.2, 0) is 0 Å². The molecule has 0 bridgehead atoms. The lowest BCUT2D eigenvalue weighted by atomic mass is 9.84. The van der Waals surface area contributed by atoms with Crippen LogP contribution in [0.2, 0.25) is 0 Å². The fourth-order valence-electron chi connectivity index (χ4n) is 6.35. The molecule has 0 fully saturated rings. The first-order valence-corrected chi connectivity index (χ1v) is 14.1. The van der Waals surface area contributed by atoms with E-state index in [1.54, 1.807) is 0 Å². The highest BCUT2D eigenvalue weighted by atomic mass is 16.2. The van der Waals surface area contributed by atoms with E-state index >= 15 is 0 Å². The third-order valence-electron chi connectivity index (χ3n) is 8.16. The third kappa shape index (κ3) is 6.85. The molecule has 0 unspecified atom stereocenters. The minimum absolute atomic E-state index is 0. The lowest BCUT2D eigenvalue weighted by Gasteiger charge is -2.56. The van der Waals surface area contributed by atoms with E-state index < -0.39 is 0 Å². The van der Waals surface area contributed by atoms with E-state index in [2.05, 4.69) is 138 Å². The zero-order valence-corrected chi connectivity index (χ0v) is 28.6. The summed E-state index contributed by atoms with van der Waals surface area (Å²) in [5.74, 6) is 0. The van der Waals surface area contributed by atoms with Crippen LogP contribution in [0.15, 0.2) is 22.5 Å². The van der Waals surface area contributed by atoms with Crippen LogP contribution in [0.3, 0.4) is 0 Å². The molecule has 4 amide bonds. The quantitative estimate of drug-likeness (QED) is 0.303. The molecular formula is C33H64N4O2. The molecular weight excluding hydrogens is 484 g/mol. The maximum Gasteiger partial charge on any atom is 0.325 e. The van der Waals surface area contributed by atoms with Crippen LogP contribution in [0.5, 0.6) is 0 Å². The molecule has 0 aromatic rings. The van der Waals surface area contributed by atoms with Crippen molar-refractivity contribution < 1.29 is 9.59 Å². The molecule has 0 aliphatic carbocycles. The zero-order valence-electron chi connectivity index (χ0n) is 28.6. The van der Waals surface area contributed by atoms with Crippen molar-refractivity contribution in [3.05, 3.63) is 22.5 Å². The second-order valence-electron chi connectivity index (χ2n) is 16.1. The first-order chi connectivity index (χ1) is 16.4. The minimum Gasteiger partial charge on any atom is -0.311 e. The Morgan fingerprint density at radius 2 is 0.667 bits per heavy atom. The first-order valence-electron chi connectivity index (χ1n) is 14.1. The number of amides is 4. The predicted molar refractivity (Wildman–Crippen MR) is 169 cm³/mol. The Bertz CT molecular complexity index is 920. The normalized spacial score (nSPS) is 20.7. The van der Waals surface area contributed by atoms with Crippen molar-refractivity contribution in [2.24, 2.45) is 0 Å². The molecule has 0 N–H and O–H groups in total. The van der Waals surface area contributed by atoms with E-state index in [-0.39, 0.29) is 52.7 Å². The van der Waals surface area contributed by atoms with Gasteiger partial charge in [-0.1, -0.05) is 7.43 Å². The summed E-state index contributed by atoms with van der Waals surface area (Å²) in [6.07, 6.45) is 0. The largest absolute Gasteiger partial charge is 0.325 e. The highest BCUT2D eigenvalue weighted by molar-refractivity contribution is 5.82. The van der Waals surface area contributed by atoms with Crippen molar-refractivity contribution in [1.82, 2.24) is 19.6 Å². The average Bonchev–Trinajstić information content (AvgIpc) is 2.60. The molecule has 0 aromatic heterocycles. The van der Waals surface area contributed by atoms with E-state index in [4.69, 9.17) is 0 Å². The van der Waals surface area contributed by atoms with Crippen LogP contribution >= 0.6 is 0 Å². The van der Waals surface area contributed by atoms with Gasteiger partial charge in [-0.05, 0) is 150 Å². The maximum absolute atomic E-state index is 13.0. The number of rotatable bonds is 0. The number of carbonyl (C=O) groups is 2. The summed E-state index contributed by atoms with van der Waals surface area (Å²) in [5, 5.41) is 0. The molecule has 6 heteroatoms. The standard InChI is InChI=1S/2C16H30N2O.CH4/c2*1-11-12(2)17(14(3,4)5)13(19)18(15(6,7)8)16(11,9)10;/h2*1-10H3;1H4. The molecule has 0 radical (unpaired) electrons. The summed E-state index contributed by atoms with van der Waals surface area (Å²) in [6, 6.07) is 0.209. The summed E-state index contributed by atoms with van der Waals surface area (Å²) in [6.45, 7) is 42.0. The number of hydrogen-bond donors (Lipinski definition) is 0. The van der Waals surface area contributed by atoms with Crippen molar-refractivity contribution in [3.63, 3.8) is 0 Å². The Hall–Kier alpha value is -1.98. The maximum atomic E-state index is 13.0. The number of nitrogens with zero attached hydrogens (tertiary/aromatic N) is 4. The second kappa shape index (κ2) is 10.8. The molecule has 2 aliphatic rings. The zero-order chi connectivity index (χ0) is 30.8. The molecule has 0 saturated carbocycles. The molecule has 2 aliphatic heterocycles. The van der Waals surface area contributed by atoms with Gasteiger partial charge in [-0.2, -0.15) is 0 Å². The SMILES string of the molecule is C.CC1=C(C)C(C)(C)N(C(C)(C)C)C(=O)N1C(C)(C)C.CC1=C(C)C(C)(C)N(C(C)(C)C)C(=O)N1C(C)(C)C. The van der Waals surface area contributed by atoms with E-state index in [0.717, 1.165) is 11.4 Å². The van der Waals surface area contributed by atoms with Crippen molar-refractivity contribution in [3.8, 4) is 0 Å². The molecule has 0 saturated heterocycles. The van der Waals surface area contributed by atoms with Gasteiger partial charge in [0.1, 0.15) is 0 Å². The molecule has 228 valence electrons. The van der Waals surface area contributed by atoms with Crippen molar-refractivity contribution >= 4 is 12.1 Å². The van der Waals surface area contributed by atoms with Gasteiger partial charge in [0.15, 0.2) is 0 Å². The number of urea groups is 2. The summed E-state index contributed by atoms with van der Waals surface area (Å²) in [5.41, 5.74) is 3.38. The second-order valence-corrected chi connectivity index (χ2v) is 16.1. The van der Waals surface area contributed by atoms with Gasteiger partial charge in [-0.3, -0.25) is 9.80 Å². The van der Waals surface area contributed by atoms with Gasteiger partial charge in [0, 0.05) is 33.5 Å². The van der Waals surface area contributed by atoms with Crippen LogP contribution in [0.4, 0.5) is 9.59 Å². The Balaban J connectivity index is 0.000000722. The van der Waals surface area contributed by atoms with Crippen LogP contribution < -0.4 is 0 Å². The Morgan fingerprint density at radius 3 is 0.821 bits per heavy atom. The lowest BCUT2D eigenvalue weighted by Crippen LogP contribution is -2.66.